The topological polar surface area (TPSA) is 93.8 Å². The molecule has 1 saturated heterocycles. The summed E-state index contributed by atoms with van der Waals surface area (Å²) in [6.07, 6.45) is 4.00. The van der Waals surface area contributed by atoms with Crippen LogP contribution in [0.4, 0.5) is 0 Å². The van der Waals surface area contributed by atoms with Crippen LogP contribution in [-0.4, -0.2) is 55.1 Å². The molecule has 2 N–H and O–H groups in total. The van der Waals surface area contributed by atoms with Crippen molar-refractivity contribution in [1.82, 2.24) is 20.8 Å². The molecule has 1 aliphatic heterocycles. The summed E-state index contributed by atoms with van der Waals surface area (Å²) >= 11 is 0. The Kier molecular flexibility index (Phi) is 11.8. The van der Waals surface area contributed by atoms with Crippen molar-refractivity contribution >= 4 is 29.9 Å². The molecule has 0 saturated carbocycles. The van der Waals surface area contributed by atoms with Crippen LogP contribution in [0.15, 0.2) is 33.8 Å². The van der Waals surface area contributed by atoms with Crippen LogP contribution in [0.25, 0.3) is 11.5 Å². The number of aromatic nitrogens is 2. The van der Waals surface area contributed by atoms with Crippen molar-refractivity contribution in [3.63, 3.8) is 0 Å². The number of aryl methyl sites for hydroxylation is 1. The Hall–Kier alpha value is -1.72. The van der Waals surface area contributed by atoms with Crippen LogP contribution >= 0.6 is 24.0 Å². The minimum atomic E-state index is 0. The van der Waals surface area contributed by atoms with Gasteiger partial charge in [-0.15, -0.1) is 24.0 Å². The van der Waals surface area contributed by atoms with Gasteiger partial charge in [0.25, 0.3) is 5.89 Å². The van der Waals surface area contributed by atoms with Crippen LogP contribution in [0.5, 0.6) is 0 Å². The number of aliphatic imine (C=N–C) groups is 1. The van der Waals surface area contributed by atoms with E-state index in [-0.39, 0.29) is 30.1 Å². The first-order valence-corrected chi connectivity index (χ1v) is 10.9. The van der Waals surface area contributed by atoms with E-state index in [4.69, 9.17) is 19.0 Å². The second-order valence-electron chi connectivity index (χ2n) is 7.30. The fourth-order valence-corrected chi connectivity index (χ4v) is 3.18. The van der Waals surface area contributed by atoms with E-state index >= 15 is 0 Å². The SMILES string of the molecule is CCCc1noc(-c2cccc(CN=C(NCC)NCCCOC3CCOC3)c2)n1.I. The van der Waals surface area contributed by atoms with E-state index in [0.717, 1.165) is 81.5 Å². The minimum Gasteiger partial charge on any atom is -0.379 e. The molecule has 0 amide bonds. The fourth-order valence-electron chi connectivity index (χ4n) is 3.18. The van der Waals surface area contributed by atoms with Gasteiger partial charge in [-0.3, -0.25) is 0 Å². The standard InChI is InChI=1S/C22H33N5O3.HI/c1-3-7-20-26-21(30-27-20)18-9-5-8-17(14-18)15-25-22(23-4-2)24-11-6-12-29-19-10-13-28-16-19;/h5,8-9,14,19H,3-4,6-7,10-13,15-16H2,1-2H3,(H2,23,24,25);1H. The first kappa shape index (κ1) is 25.5. The van der Waals surface area contributed by atoms with Crippen LogP contribution in [0.3, 0.4) is 0 Å². The first-order chi connectivity index (χ1) is 14.8. The Labute approximate surface area is 201 Å². The molecule has 3 rings (SSSR count). The lowest BCUT2D eigenvalue weighted by atomic mass is 10.1. The maximum atomic E-state index is 5.80. The summed E-state index contributed by atoms with van der Waals surface area (Å²) in [5.74, 6) is 2.11. The molecule has 9 heteroatoms. The summed E-state index contributed by atoms with van der Waals surface area (Å²) in [5, 5.41) is 10.7. The molecule has 1 fully saturated rings. The quantitative estimate of drug-likeness (QED) is 0.194. The lowest BCUT2D eigenvalue weighted by Gasteiger charge is -2.13. The second kappa shape index (κ2) is 14.4. The number of benzene rings is 1. The van der Waals surface area contributed by atoms with Gasteiger partial charge in [0.1, 0.15) is 0 Å². The van der Waals surface area contributed by atoms with Crippen LogP contribution in [-0.2, 0) is 22.4 Å². The largest absolute Gasteiger partial charge is 0.379 e. The van der Waals surface area contributed by atoms with Crippen molar-refractivity contribution in [3.8, 4) is 11.5 Å². The molecule has 1 aromatic carbocycles. The number of halogens is 1. The summed E-state index contributed by atoms with van der Waals surface area (Å²) < 4.78 is 16.5. The van der Waals surface area contributed by atoms with E-state index in [1.54, 1.807) is 0 Å². The molecule has 2 aromatic rings. The minimum absolute atomic E-state index is 0. The van der Waals surface area contributed by atoms with Gasteiger partial charge in [0, 0.05) is 38.3 Å². The lowest BCUT2D eigenvalue weighted by Crippen LogP contribution is -2.38. The molecule has 2 heterocycles. The third-order valence-corrected chi connectivity index (χ3v) is 4.73. The van der Waals surface area contributed by atoms with E-state index < -0.39 is 0 Å². The average Bonchev–Trinajstić information content (AvgIpc) is 3.44. The maximum absolute atomic E-state index is 5.80. The fraction of sp³-hybridized carbons (Fsp3) is 0.591. The molecule has 0 radical (unpaired) electrons. The third kappa shape index (κ3) is 8.74. The van der Waals surface area contributed by atoms with E-state index in [9.17, 15) is 0 Å². The summed E-state index contributed by atoms with van der Waals surface area (Å²) in [7, 11) is 0. The first-order valence-electron chi connectivity index (χ1n) is 10.9. The highest BCUT2D eigenvalue weighted by atomic mass is 127. The molecule has 1 aliphatic rings. The predicted octanol–water partition coefficient (Wildman–Crippen LogP) is 3.56. The Morgan fingerprint density at radius 3 is 2.97 bits per heavy atom. The highest BCUT2D eigenvalue weighted by molar-refractivity contribution is 14.0. The van der Waals surface area contributed by atoms with Crippen LogP contribution in [0.2, 0.25) is 0 Å². The Morgan fingerprint density at radius 2 is 2.19 bits per heavy atom. The van der Waals surface area contributed by atoms with E-state index in [1.165, 1.54) is 0 Å². The molecule has 8 nitrogen and oxygen atoms in total. The van der Waals surface area contributed by atoms with Crippen molar-refractivity contribution in [1.29, 1.82) is 0 Å². The van der Waals surface area contributed by atoms with E-state index in [1.807, 2.05) is 18.2 Å². The van der Waals surface area contributed by atoms with Gasteiger partial charge in [0.2, 0.25) is 0 Å². The monoisotopic (exact) mass is 543 g/mol. The normalized spacial score (nSPS) is 16.2. The zero-order chi connectivity index (χ0) is 21.0. The zero-order valence-corrected chi connectivity index (χ0v) is 20.8. The van der Waals surface area contributed by atoms with Crippen molar-refractivity contribution in [2.24, 2.45) is 4.99 Å². The average molecular weight is 543 g/mol. The summed E-state index contributed by atoms with van der Waals surface area (Å²) in [4.78, 5) is 9.16. The number of nitrogens with one attached hydrogen (secondary N) is 2. The van der Waals surface area contributed by atoms with Crippen molar-refractivity contribution in [3.05, 3.63) is 35.7 Å². The molecule has 1 unspecified atom stereocenters. The highest BCUT2D eigenvalue weighted by Crippen LogP contribution is 2.19. The van der Waals surface area contributed by atoms with Crippen molar-refractivity contribution in [2.45, 2.75) is 52.2 Å². The Bertz CT molecular complexity index is 793. The van der Waals surface area contributed by atoms with E-state index in [0.29, 0.717) is 12.4 Å². The van der Waals surface area contributed by atoms with E-state index in [2.05, 4.69) is 40.7 Å². The number of guanidine groups is 1. The van der Waals surface area contributed by atoms with Gasteiger partial charge in [-0.25, -0.2) is 4.99 Å². The third-order valence-electron chi connectivity index (χ3n) is 4.73. The lowest BCUT2D eigenvalue weighted by molar-refractivity contribution is 0.0420. The molecular weight excluding hydrogens is 509 g/mol. The van der Waals surface area contributed by atoms with Crippen LogP contribution in [0, 0.1) is 0 Å². The number of rotatable bonds is 11. The van der Waals surface area contributed by atoms with Crippen molar-refractivity contribution in [2.75, 3.05) is 32.9 Å². The Morgan fingerprint density at radius 1 is 1.29 bits per heavy atom. The van der Waals surface area contributed by atoms with Gasteiger partial charge >= 0.3 is 0 Å². The van der Waals surface area contributed by atoms with Crippen LogP contribution < -0.4 is 10.6 Å². The Balaban J connectivity index is 0.00000341. The molecule has 1 aromatic heterocycles. The maximum Gasteiger partial charge on any atom is 0.257 e. The number of hydrogen-bond acceptors (Lipinski definition) is 6. The van der Waals surface area contributed by atoms with Gasteiger partial charge in [0.15, 0.2) is 11.8 Å². The second-order valence-corrected chi connectivity index (χ2v) is 7.30. The van der Waals surface area contributed by atoms with Gasteiger partial charge in [-0.05, 0) is 43.9 Å². The van der Waals surface area contributed by atoms with Crippen LogP contribution in [0.1, 0.15) is 44.5 Å². The smallest absolute Gasteiger partial charge is 0.257 e. The molecule has 0 aliphatic carbocycles. The highest BCUT2D eigenvalue weighted by Gasteiger charge is 2.15. The molecular formula is C22H34IN5O3. The summed E-state index contributed by atoms with van der Waals surface area (Å²) in [5.41, 5.74) is 2.01. The predicted molar refractivity (Wildman–Crippen MR) is 132 cm³/mol. The number of ether oxygens (including phenoxy) is 2. The molecule has 31 heavy (non-hydrogen) atoms. The number of hydrogen-bond donors (Lipinski definition) is 2. The number of nitrogens with zero attached hydrogens (tertiary/aromatic N) is 3. The molecule has 1 atom stereocenters. The molecule has 172 valence electrons. The molecule has 0 spiro atoms. The van der Waals surface area contributed by atoms with Gasteiger partial charge in [0.05, 0.1) is 19.3 Å². The van der Waals surface area contributed by atoms with Crippen molar-refractivity contribution < 1.29 is 14.0 Å². The summed E-state index contributed by atoms with van der Waals surface area (Å²) in [6.45, 7) is 8.61. The van der Waals surface area contributed by atoms with Gasteiger partial charge in [-0.1, -0.05) is 24.2 Å². The zero-order valence-electron chi connectivity index (χ0n) is 18.4. The summed E-state index contributed by atoms with van der Waals surface area (Å²) in [6, 6.07) is 8.08. The van der Waals surface area contributed by atoms with Gasteiger partial charge < -0.3 is 24.6 Å². The van der Waals surface area contributed by atoms with Gasteiger partial charge in [-0.2, -0.15) is 4.98 Å². The molecule has 0 bridgehead atoms.